The van der Waals surface area contributed by atoms with Crippen LogP contribution in [0.5, 0.6) is 0 Å². The maximum absolute atomic E-state index is 3.49. The third-order valence-corrected chi connectivity index (χ3v) is 4.33. The lowest BCUT2D eigenvalue weighted by atomic mass is 9.86. The number of likely N-dealkylation sites (tertiary alicyclic amines) is 1. The molecule has 0 spiro atoms. The van der Waals surface area contributed by atoms with Crippen molar-refractivity contribution in [3.05, 3.63) is 35.4 Å². The Kier molecular flexibility index (Phi) is 3.17. The van der Waals surface area contributed by atoms with Gasteiger partial charge in [-0.05, 0) is 55.9 Å². The first-order valence-electron chi connectivity index (χ1n) is 6.82. The Morgan fingerprint density at radius 3 is 2.47 bits per heavy atom. The maximum Gasteiger partial charge on any atom is 0.00478 e. The van der Waals surface area contributed by atoms with Gasteiger partial charge >= 0.3 is 0 Å². The molecule has 0 aliphatic carbocycles. The molecule has 92 valence electrons. The summed E-state index contributed by atoms with van der Waals surface area (Å²) in [7, 11) is 2.24. The number of likely N-dealkylation sites (N-methyl/N-ethyl adjacent to an activating group) is 1. The van der Waals surface area contributed by atoms with E-state index in [0.29, 0.717) is 0 Å². The molecule has 17 heavy (non-hydrogen) atoms. The molecule has 2 nitrogen and oxygen atoms in total. The van der Waals surface area contributed by atoms with Crippen molar-refractivity contribution < 1.29 is 0 Å². The zero-order valence-corrected chi connectivity index (χ0v) is 10.7. The van der Waals surface area contributed by atoms with Crippen molar-refractivity contribution in [1.82, 2.24) is 10.2 Å². The van der Waals surface area contributed by atoms with Crippen LogP contribution in [0, 0.1) is 0 Å². The van der Waals surface area contributed by atoms with Gasteiger partial charge in [0.05, 0.1) is 0 Å². The largest absolute Gasteiger partial charge is 0.316 e. The highest BCUT2D eigenvalue weighted by molar-refractivity contribution is 5.35. The van der Waals surface area contributed by atoms with Gasteiger partial charge in [0.2, 0.25) is 0 Å². The van der Waals surface area contributed by atoms with Crippen molar-refractivity contribution in [3.8, 4) is 0 Å². The molecule has 2 aliphatic heterocycles. The van der Waals surface area contributed by atoms with Crippen LogP contribution in [0.4, 0.5) is 0 Å². The predicted molar refractivity (Wildman–Crippen MR) is 71.5 cm³/mol. The Morgan fingerprint density at radius 1 is 1.12 bits per heavy atom. The van der Waals surface area contributed by atoms with Gasteiger partial charge in [0.25, 0.3) is 0 Å². The molecule has 0 aromatic heterocycles. The highest BCUT2D eigenvalue weighted by atomic mass is 15.1. The van der Waals surface area contributed by atoms with E-state index in [1.54, 1.807) is 11.1 Å². The Balaban J connectivity index is 1.87. The van der Waals surface area contributed by atoms with Gasteiger partial charge in [0, 0.05) is 13.1 Å². The lowest BCUT2D eigenvalue weighted by molar-refractivity contribution is 0.411. The number of rotatable bonds is 2. The second-order valence-electron chi connectivity index (χ2n) is 5.57. The fourth-order valence-corrected chi connectivity index (χ4v) is 3.36. The van der Waals surface area contributed by atoms with Crippen molar-refractivity contribution in [3.63, 3.8) is 0 Å². The number of benzene rings is 1. The quantitative estimate of drug-likeness (QED) is 0.838. The first kappa shape index (κ1) is 11.2. The Hall–Kier alpha value is -0.860. The number of hydrogen-bond acceptors (Lipinski definition) is 2. The minimum atomic E-state index is 0.747. The van der Waals surface area contributed by atoms with Crippen molar-refractivity contribution in [2.45, 2.75) is 24.7 Å². The summed E-state index contributed by atoms with van der Waals surface area (Å²) in [5.74, 6) is 1.51. The van der Waals surface area contributed by atoms with Crippen LogP contribution in [-0.2, 0) is 0 Å². The molecule has 0 radical (unpaired) electrons. The van der Waals surface area contributed by atoms with Crippen molar-refractivity contribution in [2.75, 3.05) is 33.2 Å². The molecule has 2 saturated heterocycles. The SMILES string of the molecule is CN1CCC(c2ccccc2C2CCNC2)C1. The van der Waals surface area contributed by atoms with E-state index in [2.05, 4.69) is 41.5 Å². The van der Waals surface area contributed by atoms with Gasteiger partial charge in [-0.1, -0.05) is 24.3 Å². The summed E-state index contributed by atoms with van der Waals surface area (Å²) in [4.78, 5) is 2.45. The molecule has 1 N–H and O–H groups in total. The molecule has 3 rings (SSSR count). The highest BCUT2D eigenvalue weighted by Crippen LogP contribution is 2.34. The normalized spacial score (nSPS) is 29.9. The second kappa shape index (κ2) is 4.79. The van der Waals surface area contributed by atoms with E-state index in [1.807, 2.05) is 0 Å². The second-order valence-corrected chi connectivity index (χ2v) is 5.57. The van der Waals surface area contributed by atoms with Crippen molar-refractivity contribution >= 4 is 0 Å². The average Bonchev–Trinajstić information content (AvgIpc) is 3.00. The molecule has 0 saturated carbocycles. The van der Waals surface area contributed by atoms with E-state index >= 15 is 0 Å². The van der Waals surface area contributed by atoms with E-state index in [0.717, 1.165) is 11.8 Å². The zero-order chi connectivity index (χ0) is 11.7. The van der Waals surface area contributed by atoms with Crippen LogP contribution >= 0.6 is 0 Å². The topological polar surface area (TPSA) is 15.3 Å². The standard InChI is InChI=1S/C15H22N2/c1-17-9-7-13(11-17)15-5-3-2-4-14(15)12-6-8-16-10-12/h2-5,12-13,16H,6-11H2,1H3. The molecule has 0 bridgehead atoms. The summed E-state index contributed by atoms with van der Waals surface area (Å²) in [6.07, 6.45) is 2.63. The van der Waals surface area contributed by atoms with Gasteiger partial charge in [-0.2, -0.15) is 0 Å². The molecule has 2 unspecified atom stereocenters. The van der Waals surface area contributed by atoms with Crippen molar-refractivity contribution in [2.24, 2.45) is 0 Å². The van der Waals surface area contributed by atoms with E-state index in [4.69, 9.17) is 0 Å². The number of nitrogens with one attached hydrogen (secondary N) is 1. The molecule has 2 atom stereocenters. The van der Waals surface area contributed by atoms with Crippen LogP contribution in [-0.4, -0.2) is 38.1 Å². The van der Waals surface area contributed by atoms with Crippen LogP contribution in [0.15, 0.2) is 24.3 Å². The first-order chi connectivity index (χ1) is 8.34. The first-order valence-corrected chi connectivity index (χ1v) is 6.82. The molecular weight excluding hydrogens is 208 g/mol. The zero-order valence-electron chi connectivity index (χ0n) is 10.7. The van der Waals surface area contributed by atoms with Gasteiger partial charge in [-0.25, -0.2) is 0 Å². The average molecular weight is 230 g/mol. The van der Waals surface area contributed by atoms with Crippen LogP contribution in [0.25, 0.3) is 0 Å². The summed E-state index contributed by atoms with van der Waals surface area (Å²) >= 11 is 0. The molecule has 2 aliphatic rings. The third kappa shape index (κ3) is 2.24. The van der Waals surface area contributed by atoms with E-state index in [1.165, 1.54) is 39.0 Å². The third-order valence-electron chi connectivity index (χ3n) is 4.33. The fourth-order valence-electron chi connectivity index (χ4n) is 3.36. The molecule has 1 aromatic rings. The Labute approximate surface area is 104 Å². The van der Waals surface area contributed by atoms with Gasteiger partial charge in [-0.3, -0.25) is 0 Å². The summed E-state index contributed by atoms with van der Waals surface area (Å²) in [6, 6.07) is 9.12. The highest BCUT2D eigenvalue weighted by Gasteiger charge is 2.26. The summed E-state index contributed by atoms with van der Waals surface area (Å²) < 4.78 is 0. The smallest absolute Gasteiger partial charge is 0.00478 e. The van der Waals surface area contributed by atoms with Gasteiger partial charge in [0.15, 0.2) is 0 Å². The maximum atomic E-state index is 3.49. The molecule has 2 heterocycles. The minimum Gasteiger partial charge on any atom is -0.316 e. The fraction of sp³-hybridized carbons (Fsp3) is 0.600. The Morgan fingerprint density at radius 2 is 1.88 bits per heavy atom. The molecular formula is C15H22N2. The predicted octanol–water partition coefficient (Wildman–Crippen LogP) is 2.18. The van der Waals surface area contributed by atoms with Crippen molar-refractivity contribution in [1.29, 1.82) is 0 Å². The van der Waals surface area contributed by atoms with Crippen LogP contribution < -0.4 is 5.32 Å². The van der Waals surface area contributed by atoms with Gasteiger partial charge < -0.3 is 10.2 Å². The molecule has 2 heteroatoms. The summed E-state index contributed by atoms with van der Waals surface area (Å²) in [5, 5.41) is 3.49. The summed E-state index contributed by atoms with van der Waals surface area (Å²) in [5.41, 5.74) is 3.23. The molecule has 2 fully saturated rings. The monoisotopic (exact) mass is 230 g/mol. The van der Waals surface area contributed by atoms with Crippen LogP contribution in [0.3, 0.4) is 0 Å². The van der Waals surface area contributed by atoms with Gasteiger partial charge in [-0.15, -0.1) is 0 Å². The molecule has 0 amide bonds. The van der Waals surface area contributed by atoms with E-state index in [9.17, 15) is 0 Å². The number of hydrogen-bond donors (Lipinski definition) is 1. The molecule has 1 aromatic carbocycles. The van der Waals surface area contributed by atoms with E-state index < -0.39 is 0 Å². The Bertz CT molecular complexity index is 382. The lowest BCUT2D eigenvalue weighted by Gasteiger charge is -2.19. The van der Waals surface area contributed by atoms with Crippen LogP contribution in [0.1, 0.15) is 35.8 Å². The van der Waals surface area contributed by atoms with Crippen LogP contribution in [0.2, 0.25) is 0 Å². The summed E-state index contributed by atoms with van der Waals surface area (Å²) in [6.45, 7) is 4.84. The number of nitrogens with zero attached hydrogens (tertiary/aromatic N) is 1. The van der Waals surface area contributed by atoms with Gasteiger partial charge in [0.1, 0.15) is 0 Å². The minimum absolute atomic E-state index is 0.747. The van der Waals surface area contributed by atoms with E-state index in [-0.39, 0.29) is 0 Å². The lowest BCUT2D eigenvalue weighted by Crippen LogP contribution is -2.15.